The molecular formula is C14H21NO3S. The van der Waals surface area contributed by atoms with Crippen LogP contribution in [0.4, 0.5) is 0 Å². The van der Waals surface area contributed by atoms with Crippen LogP contribution in [0.5, 0.6) is 5.75 Å². The lowest BCUT2D eigenvalue weighted by Crippen LogP contribution is -2.31. The molecule has 1 aliphatic heterocycles. The lowest BCUT2D eigenvalue weighted by molar-refractivity contribution is 0.401. The molecule has 1 saturated heterocycles. The van der Waals surface area contributed by atoms with E-state index in [0.717, 1.165) is 37.2 Å². The Bertz CT molecular complexity index is 490. The highest BCUT2D eigenvalue weighted by Crippen LogP contribution is 2.18. The molecule has 0 unspecified atom stereocenters. The zero-order valence-electron chi connectivity index (χ0n) is 11.3. The molecule has 1 aromatic carbocycles. The summed E-state index contributed by atoms with van der Waals surface area (Å²) in [6.45, 7) is 1.87. The second-order valence-electron chi connectivity index (χ2n) is 5.10. The van der Waals surface area contributed by atoms with E-state index in [-0.39, 0.29) is 5.75 Å². The molecule has 2 rings (SSSR count). The van der Waals surface area contributed by atoms with E-state index in [1.807, 2.05) is 12.1 Å². The average molecular weight is 283 g/mol. The molecule has 19 heavy (non-hydrogen) atoms. The molecule has 0 atom stereocenters. The minimum Gasteiger partial charge on any atom is -0.497 e. The van der Waals surface area contributed by atoms with Gasteiger partial charge in [-0.05, 0) is 49.5 Å². The summed E-state index contributed by atoms with van der Waals surface area (Å²) in [5, 5.41) is 3.25. The van der Waals surface area contributed by atoms with E-state index in [9.17, 15) is 8.42 Å². The van der Waals surface area contributed by atoms with Crippen LogP contribution in [-0.4, -0.2) is 34.4 Å². The van der Waals surface area contributed by atoms with Gasteiger partial charge in [-0.1, -0.05) is 12.1 Å². The number of hydrogen-bond acceptors (Lipinski definition) is 4. The van der Waals surface area contributed by atoms with Crippen LogP contribution in [0.15, 0.2) is 24.3 Å². The molecule has 4 nitrogen and oxygen atoms in total. The van der Waals surface area contributed by atoms with Gasteiger partial charge in [-0.3, -0.25) is 0 Å². The fourth-order valence-corrected chi connectivity index (χ4v) is 4.31. The maximum atomic E-state index is 12.2. The van der Waals surface area contributed by atoms with Crippen LogP contribution < -0.4 is 10.1 Å². The Morgan fingerprint density at radius 3 is 2.42 bits per heavy atom. The largest absolute Gasteiger partial charge is 0.497 e. The molecule has 1 aliphatic rings. The van der Waals surface area contributed by atoms with Gasteiger partial charge >= 0.3 is 0 Å². The predicted molar refractivity (Wildman–Crippen MR) is 76.1 cm³/mol. The highest BCUT2D eigenvalue weighted by molar-refractivity contribution is 7.90. The molecule has 5 heteroatoms. The minimum atomic E-state index is -3.02. The third-order valence-electron chi connectivity index (χ3n) is 3.49. The summed E-state index contributed by atoms with van der Waals surface area (Å²) in [5.74, 6) is 1.49. The number of rotatable bonds is 5. The number of nitrogens with one attached hydrogen (secondary N) is 1. The van der Waals surface area contributed by atoms with E-state index in [1.165, 1.54) is 0 Å². The molecule has 0 amide bonds. The Balaban J connectivity index is 1.95. The molecule has 1 fully saturated rings. The molecule has 106 valence electrons. The lowest BCUT2D eigenvalue weighted by atomic mass is 10.0. The number of ether oxygens (including phenoxy) is 1. The van der Waals surface area contributed by atoms with Crippen molar-refractivity contribution in [3.63, 3.8) is 0 Å². The first-order valence-electron chi connectivity index (χ1n) is 6.63. The van der Waals surface area contributed by atoms with Crippen molar-refractivity contribution in [1.29, 1.82) is 0 Å². The molecule has 0 radical (unpaired) electrons. The SMILES string of the molecule is COc1ccc(CS(=O)(=O)CC2CCNCC2)cc1. The predicted octanol–water partition coefficient (Wildman–Crippen LogP) is 1.61. The third kappa shape index (κ3) is 4.51. The Hall–Kier alpha value is -1.07. The highest BCUT2D eigenvalue weighted by Gasteiger charge is 2.21. The zero-order valence-corrected chi connectivity index (χ0v) is 12.1. The van der Waals surface area contributed by atoms with E-state index in [4.69, 9.17) is 4.74 Å². The second kappa shape index (κ2) is 6.39. The summed E-state index contributed by atoms with van der Waals surface area (Å²) in [6.07, 6.45) is 1.92. The summed E-state index contributed by atoms with van der Waals surface area (Å²) in [4.78, 5) is 0. The molecule has 1 aromatic rings. The third-order valence-corrected chi connectivity index (χ3v) is 5.25. The van der Waals surface area contributed by atoms with Crippen molar-refractivity contribution in [3.8, 4) is 5.75 Å². The van der Waals surface area contributed by atoms with Gasteiger partial charge in [0.2, 0.25) is 0 Å². The van der Waals surface area contributed by atoms with Crippen LogP contribution in [0, 0.1) is 5.92 Å². The Labute approximate surface area is 115 Å². The van der Waals surface area contributed by atoms with Crippen LogP contribution in [0.2, 0.25) is 0 Å². The van der Waals surface area contributed by atoms with Crippen molar-refractivity contribution in [1.82, 2.24) is 5.32 Å². The van der Waals surface area contributed by atoms with Gasteiger partial charge in [0.1, 0.15) is 5.75 Å². The van der Waals surface area contributed by atoms with E-state index >= 15 is 0 Å². The van der Waals surface area contributed by atoms with Gasteiger partial charge in [-0.15, -0.1) is 0 Å². The molecule has 0 spiro atoms. The standard InChI is InChI=1S/C14H21NO3S/c1-18-14-4-2-12(3-5-14)10-19(16,17)11-13-6-8-15-9-7-13/h2-5,13,15H,6-11H2,1H3. The summed E-state index contributed by atoms with van der Waals surface area (Å²) in [7, 11) is -1.42. The molecular weight excluding hydrogens is 262 g/mol. The van der Waals surface area contributed by atoms with Crippen molar-refractivity contribution in [3.05, 3.63) is 29.8 Å². The van der Waals surface area contributed by atoms with Gasteiger partial charge < -0.3 is 10.1 Å². The first kappa shape index (κ1) is 14.3. The number of sulfone groups is 1. The Morgan fingerprint density at radius 1 is 1.21 bits per heavy atom. The summed E-state index contributed by atoms with van der Waals surface area (Å²) in [6, 6.07) is 7.24. The minimum absolute atomic E-state index is 0.126. The van der Waals surface area contributed by atoms with Crippen LogP contribution in [-0.2, 0) is 15.6 Å². The Kier molecular flexibility index (Phi) is 4.82. The van der Waals surface area contributed by atoms with Crippen molar-refractivity contribution in [2.45, 2.75) is 18.6 Å². The first-order chi connectivity index (χ1) is 9.09. The molecule has 0 aromatic heterocycles. The van der Waals surface area contributed by atoms with Gasteiger partial charge in [0.05, 0.1) is 18.6 Å². The second-order valence-corrected chi connectivity index (χ2v) is 7.21. The van der Waals surface area contributed by atoms with Crippen LogP contribution in [0.3, 0.4) is 0 Å². The van der Waals surface area contributed by atoms with Gasteiger partial charge in [-0.25, -0.2) is 8.42 Å². The van der Waals surface area contributed by atoms with Gasteiger partial charge in [-0.2, -0.15) is 0 Å². The molecule has 0 saturated carbocycles. The zero-order chi connectivity index (χ0) is 13.7. The van der Waals surface area contributed by atoms with Gasteiger partial charge in [0.25, 0.3) is 0 Å². The molecule has 0 aliphatic carbocycles. The van der Waals surface area contributed by atoms with Crippen molar-refractivity contribution in [2.75, 3.05) is 26.0 Å². The fourth-order valence-electron chi connectivity index (χ4n) is 2.44. The first-order valence-corrected chi connectivity index (χ1v) is 8.45. The van der Waals surface area contributed by atoms with Crippen molar-refractivity contribution < 1.29 is 13.2 Å². The topological polar surface area (TPSA) is 55.4 Å². The van der Waals surface area contributed by atoms with E-state index in [0.29, 0.717) is 11.7 Å². The summed E-state index contributed by atoms with van der Waals surface area (Å²) < 4.78 is 29.4. The average Bonchev–Trinajstić information content (AvgIpc) is 2.39. The summed E-state index contributed by atoms with van der Waals surface area (Å²) in [5.41, 5.74) is 0.828. The molecule has 1 N–H and O–H groups in total. The Morgan fingerprint density at radius 2 is 1.84 bits per heavy atom. The fraction of sp³-hybridized carbons (Fsp3) is 0.571. The lowest BCUT2D eigenvalue weighted by Gasteiger charge is -2.22. The quantitative estimate of drug-likeness (QED) is 0.892. The number of benzene rings is 1. The van der Waals surface area contributed by atoms with E-state index in [1.54, 1.807) is 19.2 Å². The van der Waals surface area contributed by atoms with Crippen LogP contribution in [0.25, 0.3) is 0 Å². The van der Waals surface area contributed by atoms with Crippen LogP contribution in [0.1, 0.15) is 18.4 Å². The number of hydrogen-bond donors (Lipinski definition) is 1. The normalized spacial score (nSPS) is 17.3. The van der Waals surface area contributed by atoms with E-state index in [2.05, 4.69) is 5.32 Å². The van der Waals surface area contributed by atoms with Crippen LogP contribution >= 0.6 is 0 Å². The number of methoxy groups -OCH3 is 1. The monoisotopic (exact) mass is 283 g/mol. The summed E-state index contributed by atoms with van der Waals surface area (Å²) >= 11 is 0. The molecule has 0 bridgehead atoms. The van der Waals surface area contributed by atoms with Crippen molar-refractivity contribution >= 4 is 9.84 Å². The van der Waals surface area contributed by atoms with Gasteiger partial charge in [0.15, 0.2) is 9.84 Å². The number of piperidine rings is 1. The highest BCUT2D eigenvalue weighted by atomic mass is 32.2. The maximum Gasteiger partial charge on any atom is 0.154 e. The smallest absolute Gasteiger partial charge is 0.154 e. The maximum absolute atomic E-state index is 12.2. The van der Waals surface area contributed by atoms with Crippen molar-refractivity contribution in [2.24, 2.45) is 5.92 Å². The van der Waals surface area contributed by atoms with Gasteiger partial charge in [0, 0.05) is 0 Å². The molecule has 1 heterocycles. The van der Waals surface area contributed by atoms with E-state index < -0.39 is 9.84 Å².